The summed E-state index contributed by atoms with van der Waals surface area (Å²) in [6, 6.07) is 9.46. The Hall–Kier alpha value is -1.43. The lowest BCUT2D eigenvalue weighted by atomic mass is 10.2. The number of likely N-dealkylation sites (N-methyl/N-ethyl adjacent to an activating group) is 1. The molecule has 1 aliphatic heterocycles. The summed E-state index contributed by atoms with van der Waals surface area (Å²) in [5.74, 6) is 0.0200. The molecule has 1 aromatic rings. The minimum Gasteiger partial charge on any atom is -0.395 e. The predicted molar refractivity (Wildman–Crippen MR) is 73.1 cm³/mol. The molecule has 1 amide bonds. The maximum Gasteiger partial charge on any atom is 0.240 e. The van der Waals surface area contributed by atoms with Gasteiger partial charge in [0.25, 0.3) is 0 Å². The van der Waals surface area contributed by atoms with Crippen molar-refractivity contribution in [3.8, 4) is 0 Å². The van der Waals surface area contributed by atoms with Crippen LogP contribution in [0, 0.1) is 0 Å². The van der Waals surface area contributed by atoms with Crippen LogP contribution in [-0.4, -0.2) is 61.9 Å². The standard InChI is InChI=1S/C14H20N2O3/c1-15(12-5-3-2-4-6-12)14(18)9-16-7-8-19-11-13(16)10-17/h2-6,13,17H,7-11H2,1H3. The molecule has 1 aromatic carbocycles. The number of amides is 1. The second-order valence-corrected chi connectivity index (χ2v) is 4.67. The molecule has 1 saturated heterocycles. The van der Waals surface area contributed by atoms with E-state index < -0.39 is 0 Å². The fourth-order valence-corrected chi connectivity index (χ4v) is 2.14. The number of nitrogens with zero attached hydrogens (tertiary/aromatic N) is 2. The minimum atomic E-state index is -0.0816. The van der Waals surface area contributed by atoms with Crippen molar-refractivity contribution in [3.05, 3.63) is 30.3 Å². The van der Waals surface area contributed by atoms with E-state index in [2.05, 4.69) is 0 Å². The van der Waals surface area contributed by atoms with Gasteiger partial charge in [-0.2, -0.15) is 0 Å². The lowest BCUT2D eigenvalue weighted by molar-refractivity contribution is -0.122. The van der Waals surface area contributed by atoms with Crippen molar-refractivity contribution in [2.45, 2.75) is 6.04 Å². The molecule has 1 unspecified atom stereocenters. The number of anilines is 1. The number of carbonyl (C=O) groups excluding carboxylic acids is 1. The summed E-state index contributed by atoms with van der Waals surface area (Å²) < 4.78 is 5.30. The lowest BCUT2D eigenvalue weighted by Gasteiger charge is -2.34. The summed E-state index contributed by atoms with van der Waals surface area (Å²) >= 11 is 0. The maximum atomic E-state index is 12.2. The van der Waals surface area contributed by atoms with Gasteiger partial charge in [0.1, 0.15) is 0 Å². The summed E-state index contributed by atoms with van der Waals surface area (Å²) in [5.41, 5.74) is 0.876. The Morgan fingerprint density at radius 3 is 2.89 bits per heavy atom. The molecule has 104 valence electrons. The van der Waals surface area contributed by atoms with Gasteiger partial charge in [-0.25, -0.2) is 0 Å². The molecule has 2 rings (SSSR count). The van der Waals surface area contributed by atoms with Crippen LogP contribution < -0.4 is 4.90 Å². The van der Waals surface area contributed by atoms with E-state index in [1.165, 1.54) is 0 Å². The Balaban J connectivity index is 1.96. The number of morpholine rings is 1. The molecule has 0 aromatic heterocycles. The summed E-state index contributed by atoms with van der Waals surface area (Å²) in [5, 5.41) is 9.28. The molecule has 1 fully saturated rings. The van der Waals surface area contributed by atoms with Gasteiger partial charge in [-0.3, -0.25) is 9.69 Å². The molecule has 0 bridgehead atoms. The van der Waals surface area contributed by atoms with Gasteiger partial charge in [0.15, 0.2) is 0 Å². The number of aliphatic hydroxyl groups is 1. The predicted octanol–water partition coefficient (Wildman–Crippen LogP) is 0.343. The zero-order valence-corrected chi connectivity index (χ0v) is 11.2. The van der Waals surface area contributed by atoms with Gasteiger partial charge in [-0.05, 0) is 12.1 Å². The van der Waals surface area contributed by atoms with E-state index in [1.54, 1.807) is 11.9 Å². The Morgan fingerprint density at radius 1 is 1.47 bits per heavy atom. The molecule has 0 saturated carbocycles. The number of hydrogen-bond donors (Lipinski definition) is 1. The SMILES string of the molecule is CN(C(=O)CN1CCOCC1CO)c1ccccc1. The molecule has 0 aliphatic carbocycles. The van der Waals surface area contributed by atoms with Gasteiger partial charge < -0.3 is 14.7 Å². The highest BCUT2D eigenvalue weighted by atomic mass is 16.5. The zero-order chi connectivity index (χ0) is 13.7. The van der Waals surface area contributed by atoms with Crippen LogP contribution in [0.2, 0.25) is 0 Å². The average Bonchev–Trinajstić information content (AvgIpc) is 2.48. The van der Waals surface area contributed by atoms with E-state index in [-0.39, 0.29) is 18.6 Å². The largest absolute Gasteiger partial charge is 0.395 e. The Morgan fingerprint density at radius 2 is 2.21 bits per heavy atom. The average molecular weight is 264 g/mol. The Bertz CT molecular complexity index is 410. The van der Waals surface area contributed by atoms with E-state index in [9.17, 15) is 9.90 Å². The van der Waals surface area contributed by atoms with Gasteiger partial charge in [0, 0.05) is 19.3 Å². The monoisotopic (exact) mass is 264 g/mol. The molecule has 19 heavy (non-hydrogen) atoms. The van der Waals surface area contributed by atoms with Crippen LogP contribution in [0.25, 0.3) is 0 Å². The minimum absolute atomic E-state index is 0.0162. The van der Waals surface area contributed by atoms with Crippen LogP contribution in [0.15, 0.2) is 30.3 Å². The highest BCUT2D eigenvalue weighted by Gasteiger charge is 2.25. The second kappa shape index (κ2) is 6.65. The normalized spacial score (nSPS) is 20.2. The molecule has 0 radical (unpaired) electrons. The van der Waals surface area contributed by atoms with Crippen molar-refractivity contribution in [1.29, 1.82) is 0 Å². The molecular formula is C14H20N2O3. The first kappa shape index (κ1) is 14.0. The first-order valence-electron chi connectivity index (χ1n) is 6.46. The van der Waals surface area contributed by atoms with Crippen molar-refractivity contribution in [3.63, 3.8) is 0 Å². The summed E-state index contributed by atoms with van der Waals surface area (Å²) in [7, 11) is 1.77. The summed E-state index contributed by atoms with van der Waals surface area (Å²) in [6.45, 7) is 2.10. The summed E-state index contributed by atoms with van der Waals surface area (Å²) in [4.78, 5) is 15.9. The fraction of sp³-hybridized carbons (Fsp3) is 0.500. The number of hydrogen-bond acceptors (Lipinski definition) is 4. The Labute approximate surface area is 113 Å². The van der Waals surface area contributed by atoms with Gasteiger partial charge in [0.2, 0.25) is 5.91 Å². The highest BCUT2D eigenvalue weighted by Crippen LogP contribution is 2.13. The lowest BCUT2D eigenvalue weighted by Crippen LogP contribution is -2.51. The van der Waals surface area contributed by atoms with Crippen LogP contribution in [0.1, 0.15) is 0 Å². The van der Waals surface area contributed by atoms with Crippen molar-refractivity contribution in [1.82, 2.24) is 4.90 Å². The molecule has 0 spiro atoms. The van der Waals surface area contributed by atoms with E-state index in [4.69, 9.17) is 4.74 Å². The second-order valence-electron chi connectivity index (χ2n) is 4.67. The smallest absolute Gasteiger partial charge is 0.240 e. The van der Waals surface area contributed by atoms with E-state index in [0.29, 0.717) is 26.3 Å². The first-order chi connectivity index (χ1) is 9.22. The van der Waals surface area contributed by atoms with Crippen molar-refractivity contribution < 1.29 is 14.6 Å². The number of carbonyl (C=O) groups is 1. The van der Waals surface area contributed by atoms with Crippen LogP contribution >= 0.6 is 0 Å². The number of ether oxygens (including phenoxy) is 1. The topological polar surface area (TPSA) is 53.0 Å². The highest BCUT2D eigenvalue weighted by molar-refractivity contribution is 5.94. The fourth-order valence-electron chi connectivity index (χ4n) is 2.14. The quantitative estimate of drug-likeness (QED) is 0.852. The number of para-hydroxylation sites is 1. The van der Waals surface area contributed by atoms with Crippen LogP contribution in [0.3, 0.4) is 0 Å². The Kier molecular flexibility index (Phi) is 4.90. The van der Waals surface area contributed by atoms with Gasteiger partial charge in [0.05, 0.1) is 32.4 Å². The molecule has 1 N–H and O–H groups in total. The van der Waals surface area contributed by atoms with Crippen LogP contribution in [0.5, 0.6) is 0 Å². The molecule has 1 aliphatic rings. The third kappa shape index (κ3) is 3.53. The van der Waals surface area contributed by atoms with Crippen LogP contribution in [0.4, 0.5) is 5.69 Å². The molecular weight excluding hydrogens is 244 g/mol. The van der Waals surface area contributed by atoms with E-state index >= 15 is 0 Å². The van der Waals surface area contributed by atoms with Gasteiger partial charge in [-0.1, -0.05) is 18.2 Å². The first-order valence-corrected chi connectivity index (χ1v) is 6.46. The third-order valence-corrected chi connectivity index (χ3v) is 3.42. The molecule has 1 heterocycles. The number of aliphatic hydroxyl groups excluding tert-OH is 1. The van der Waals surface area contributed by atoms with E-state index in [0.717, 1.165) is 5.69 Å². The van der Waals surface area contributed by atoms with Gasteiger partial charge >= 0.3 is 0 Å². The zero-order valence-electron chi connectivity index (χ0n) is 11.2. The molecule has 5 nitrogen and oxygen atoms in total. The van der Waals surface area contributed by atoms with Gasteiger partial charge in [-0.15, -0.1) is 0 Å². The van der Waals surface area contributed by atoms with Crippen molar-refractivity contribution >= 4 is 11.6 Å². The number of rotatable bonds is 4. The molecule has 1 atom stereocenters. The summed E-state index contributed by atoms with van der Waals surface area (Å²) in [6.07, 6.45) is 0. The number of benzene rings is 1. The van der Waals surface area contributed by atoms with Crippen molar-refractivity contribution in [2.24, 2.45) is 0 Å². The third-order valence-electron chi connectivity index (χ3n) is 3.42. The van der Waals surface area contributed by atoms with Crippen molar-refractivity contribution in [2.75, 3.05) is 44.9 Å². The van der Waals surface area contributed by atoms with E-state index in [1.807, 2.05) is 35.2 Å². The maximum absolute atomic E-state index is 12.2. The van der Waals surface area contributed by atoms with Crippen LogP contribution in [-0.2, 0) is 9.53 Å². The molecule has 5 heteroatoms.